The van der Waals surface area contributed by atoms with E-state index in [0.29, 0.717) is 44.4 Å². The van der Waals surface area contributed by atoms with Gasteiger partial charge >= 0.3 is 0 Å². The molecule has 3 aromatic rings. The Balaban J connectivity index is 1.47. The summed E-state index contributed by atoms with van der Waals surface area (Å²) < 4.78 is 15.0. The predicted molar refractivity (Wildman–Crippen MR) is 102 cm³/mol. The lowest BCUT2D eigenvalue weighted by Crippen LogP contribution is -2.37. The van der Waals surface area contributed by atoms with Crippen molar-refractivity contribution >= 4 is 11.6 Å². The number of rotatable bonds is 4. The Morgan fingerprint density at radius 1 is 1.36 bits per heavy atom. The van der Waals surface area contributed by atoms with Gasteiger partial charge in [-0.25, -0.2) is 0 Å². The van der Waals surface area contributed by atoms with Gasteiger partial charge in [0.15, 0.2) is 11.5 Å². The lowest BCUT2D eigenvalue weighted by Gasteiger charge is -2.26. The van der Waals surface area contributed by atoms with Crippen LogP contribution in [-0.4, -0.2) is 70.0 Å². The molecule has 2 aliphatic rings. The first-order chi connectivity index (χ1) is 13.6. The normalized spacial score (nSPS) is 24.2. The molecular formula is C20H23N5O3. The standard InChI is InChI=1S/C20H23N5O3/c1-23-7-3-4-16(23)18-22-21-17-6-5-14(8-25(17)18)19(26)24-9-15-10-28-13-20(15,11-24)12-27-2/h3-8,15H,9-13H2,1-2H3/t15-,20-/m0/s1. The summed E-state index contributed by atoms with van der Waals surface area (Å²) in [6.45, 7) is 3.32. The van der Waals surface area contributed by atoms with Gasteiger partial charge < -0.3 is 18.9 Å². The van der Waals surface area contributed by atoms with E-state index in [0.717, 1.165) is 17.2 Å². The van der Waals surface area contributed by atoms with Crippen LogP contribution in [0.15, 0.2) is 36.7 Å². The fraction of sp³-hybridized carbons (Fsp3) is 0.450. The van der Waals surface area contributed by atoms with Crippen LogP contribution in [0.2, 0.25) is 0 Å². The topological polar surface area (TPSA) is 73.9 Å². The van der Waals surface area contributed by atoms with E-state index >= 15 is 0 Å². The summed E-state index contributed by atoms with van der Waals surface area (Å²) in [7, 11) is 3.67. The van der Waals surface area contributed by atoms with Crippen molar-refractivity contribution in [2.45, 2.75) is 0 Å². The molecule has 1 amide bonds. The van der Waals surface area contributed by atoms with Crippen molar-refractivity contribution in [1.82, 2.24) is 24.1 Å². The zero-order valence-electron chi connectivity index (χ0n) is 16.0. The molecule has 0 aliphatic carbocycles. The van der Waals surface area contributed by atoms with E-state index in [2.05, 4.69) is 10.2 Å². The molecule has 0 unspecified atom stereocenters. The van der Waals surface area contributed by atoms with Crippen LogP contribution in [0.4, 0.5) is 0 Å². The van der Waals surface area contributed by atoms with E-state index in [1.54, 1.807) is 7.11 Å². The Hall–Kier alpha value is -2.71. The van der Waals surface area contributed by atoms with Gasteiger partial charge in [-0.2, -0.15) is 0 Å². The van der Waals surface area contributed by atoms with E-state index in [-0.39, 0.29) is 11.3 Å². The van der Waals surface area contributed by atoms with Gasteiger partial charge in [0.1, 0.15) is 0 Å². The molecule has 5 rings (SSSR count). The third kappa shape index (κ3) is 2.56. The molecule has 2 saturated heterocycles. The summed E-state index contributed by atoms with van der Waals surface area (Å²) in [5.41, 5.74) is 2.22. The molecule has 0 N–H and O–H groups in total. The maximum atomic E-state index is 13.2. The summed E-state index contributed by atoms with van der Waals surface area (Å²) in [4.78, 5) is 15.2. The molecular weight excluding hydrogens is 358 g/mol. The minimum Gasteiger partial charge on any atom is -0.384 e. The highest BCUT2D eigenvalue weighted by Gasteiger charge is 2.52. The summed E-state index contributed by atoms with van der Waals surface area (Å²) >= 11 is 0. The largest absolute Gasteiger partial charge is 0.384 e. The molecule has 5 heterocycles. The highest BCUT2D eigenvalue weighted by Crippen LogP contribution is 2.41. The first kappa shape index (κ1) is 17.4. The first-order valence-corrected chi connectivity index (χ1v) is 9.44. The summed E-state index contributed by atoms with van der Waals surface area (Å²) in [6, 6.07) is 7.62. The average molecular weight is 381 g/mol. The summed E-state index contributed by atoms with van der Waals surface area (Å²) in [6.07, 6.45) is 3.80. The molecule has 28 heavy (non-hydrogen) atoms. The maximum Gasteiger partial charge on any atom is 0.255 e. The third-order valence-electron chi connectivity index (χ3n) is 6.06. The van der Waals surface area contributed by atoms with Gasteiger partial charge in [-0.15, -0.1) is 10.2 Å². The van der Waals surface area contributed by atoms with E-state index in [4.69, 9.17) is 9.47 Å². The Bertz CT molecular complexity index is 1040. The SMILES string of the molecule is COC[C@@]12COC[C@@H]1CN(C(=O)c1ccc3nnc(-c4cccn4C)n3c1)C2. The predicted octanol–water partition coefficient (Wildman–Crippen LogP) is 1.47. The highest BCUT2D eigenvalue weighted by atomic mass is 16.5. The van der Waals surface area contributed by atoms with Crippen LogP contribution in [0.25, 0.3) is 17.2 Å². The van der Waals surface area contributed by atoms with Gasteiger partial charge in [0.05, 0.1) is 31.1 Å². The number of aryl methyl sites for hydroxylation is 1. The molecule has 0 bridgehead atoms. The van der Waals surface area contributed by atoms with Crippen LogP contribution in [0.5, 0.6) is 0 Å². The average Bonchev–Trinajstić information content (AvgIpc) is 3.43. The number of fused-ring (bicyclic) bond motifs is 2. The molecule has 0 radical (unpaired) electrons. The van der Waals surface area contributed by atoms with Crippen LogP contribution < -0.4 is 0 Å². The molecule has 2 fully saturated rings. The van der Waals surface area contributed by atoms with Crippen molar-refractivity contribution in [1.29, 1.82) is 0 Å². The maximum absolute atomic E-state index is 13.2. The Morgan fingerprint density at radius 2 is 2.25 bits per heavy atom. The molecule has 3 aromatic heterocycles. The lowest BCUT2D eigenvalue weighted by molar-refractivity contribution is 0.0489. The van der Waals surface area contributed by atoms with Gasteiger partial charge in [0.25, 0.3) is 5.91 Å². The quantitative estimate of drug-likeness (QED) is 0.684. The summed E-state index contributed by atoms with van der Waals surface area (Å²) in [5, 5.41) is 8.55. The van der Waals surface area contributed by atoms with E-state index in [9.17, 15) is 4.79 Å². The van der Waals surface area contributed by atoms with Gasteiger partial charge in [-0.05, 0) is 24.3 Å². The van der Waals surface area contributed by atoms with Gasteiger partial charge in [-0.1, -0.05) is 0 Å². The van der Waals surface area contributed by atoms with E-state index in [1.165, 1.54) is 0 Å². The molecule has 146 valence electrons. The fourth-order valence-electron chi connectivity index (χ4n) is 4.55. The Morgan fingerprint density at radius 3 is 3.04 bits per heavy atom. The monoisotopic (exact) mass is 381 g/mol. The van der Waals surface area contributed by atoms with Gasteiger partial charge in [0.2, 0.25) is 0 Å². The number of aromatic nitrogens is 4. The lowest BCUT2D eigenvalue weighted by atomic mass is 9.82. The number of carbonyl (C=O) groups is 1. The zero-order valence-corrected chi connectivity index (χ0v) is 16.0. The number of hydrogen-bond donors (Lipinski definition) is 0. The number of nitrogens with zero attached hydrogens (tertiary/aromatic N) is 5. The molecule has 0 spiro atoms. The Kier molecular flexibility index (Phi) is 3.99. The number of pyridine rings is 1. The van der Waals surface area contributed by atoms with Crippen molar-refractivity contribution in [3.63, 3.8) is 0 Å². The molecule has 2 atom stereocenters. The summed E-state index contributed by atoms with van der Waals surface area (Å²) in [5.74, 6) is 1.08. The van der Waals surface area contributed by atoms with Crippen molar-refractivity contribution in [2.75, 3.05) is 40.0 Å². The van der Waals surface area contributed by atoms with Crippen molar-refractivity contribution in [3.8, 4) is 11.5 Å². The van der Waals surface area contributed by atoms with Crippen LogP contribution >= 0.6 is 0 Å². The second-order valence-corrected chi connectivity index (χ2v) is 7.87. The van der Waals surface area contributed by atoms with Crippen LogP contribution in [0, 0.1) is 11.3 Å². The number of methoxy groups -OCH3 is 1. The number of hydrogen-bond acceptors (Lipinski definition) is 5. The molecule has 0 aromatic carbocycles. The van der Waals surface area contributed by atoms with Crippen LogP contribution in [-0.2, 0) is 16.5 Å². The minimum atomic E-state index is -0.0841. The minimum absolute atomic E-state index is 0.0262. The van der Waals surface area contributed by atoms with Gasteiger partial charge in [0, 0.05) is 51.0 Å². The Labute approximate surface area is 162 Å². The number of carbonyl (C=O) groups excluding carboxylic acids is 1. The first-order valence-electron chi connectivity index (χ1n) is 9.44. The molecule has 2 aliphatic heterocycles. The van der Waals surface area contributed by atoms with Gasteiger partial charge in [-0.3, -0.25) is 9.20 Å². The third-order valence-corrected chi connectivity index (χ3v) is 6.06. The molecule has 8 nitrogen and oxygen atoms in total. The van der Waals surface area contributed by atoms with E-state index in [1.807, 2.05) is 57.6 Å². The zero-order chi connectivity index (χ0) is 19.3. The van der Waals surface area contributed by atoms with Crippen molar-refractivity contribution in [2.24, 2.45) is 18.4 Å². The molecule has 8 heteroatoms. The number of amides is 1. The van der Waals surface area contributed by atoms with Crippen molar-refractivity contribution in [3.05, 3.63) is 42.2 Å². The second-order valence-electron chi connectivity index (χ2n) is 7.87. The fourth-order valence-corrected chi connectivity index (χ4v) is 4.55. The van der Waals surface area contributed by atoms with Crippen LogP contribution in [0.1, 0.15) is 10.4 Å². The van der Waals surface area contributed by atoms with E-state index < -0.39 is 0 Å². The second kappa shape index (κ2) is 6.42. The number of likely N-dealkylation sites (tertiary alicyclic amines) is 1. The van der Waals surface area contributed by atoms with Crippen molar-refractivity contribution < 1.29 is 14.3 Å². The van der Waals surface area contributed by atoms with Crippen LogP contribution in [0.3, 0.4) is 0 Å². The molecule has 0 saturated carbocycles. The highest BCUT2D eigenvalue weighted by molar-refractivity contribution is 5.94. The number of ether oxygens (including phenoxy) is 2. The smallest absolute Gasteiger partial charge is 0.255 e.